The Morgan fingerprint density at radius 1 is 0.905 bits per heavy atom. The van der Waals surface area contributed by atoms with Gasteiger partial charge >= 0.3 is 0 Å². The van der Waals surface area contributed by atoms with E-state index in [2.05, 4.69) is 65.6 Å². The molecule has 0 saturated carbocycles. The van der Waals surface area contributed by atoms with Gasteiger partial charge in [0, 0.05) is 12.3 Å². The first-order valence-electron chi connectivity index (χ1n) is 7.47. The van der Waals surface area contributed by atoms with E-state index in [-0.39, 0.29) is 5.54 Å². The molecule has 3 heteroatoms. The second kappa shape index (κ2) is 5.23. The zero-order valence-corrected chi connectivity index (χ0v) is 12.7. The molecule has 0 N–H and O–H groups in total. The lowest BCUT2D eigenvalue weighted by atomic mass is 9.83. The van der Waals surface area contributed by atoms with Gasteiger partial charge in [0.1, 0.15) is 5.54 Å². The first kappa shape index (κ1) is 13.0. The number of hydrogen-bond donors (Lipinski definition) is 0. The van der Waals surface area contributed by atoms with Crippen molar-refractivity contribution in [2.24, 2.45) is 4.99 Å². The highest BCUT2D eigenvalue weighted by Crippen LogP contribution is 2.41. The van der Waals surface area contributed by atoms with Crippen LogP contribution in [0.1, 0.15) is 17.5 Å². The molecule has 2 nitrogen and oxygen atoms in total. The normalized spacial score (nSPS) is 20.0. The predicted octanol–water partition coefficient (Wildman–Crippen LogP) is 3.74. The van der Waals surface area contributed by atoms with Crippen LogP contribution in [0.15, 0.2) is 65.7 Å². The Labute approximate surface area is 129 Å². The van der Waals surface area contributed by atoms with Crippen LogP contribution < -0.4 is 0 Å². The maximum Gasteiger partial charge on any atom is 0.160 e. The van der Waals surface area contributed by atoms with Crippen molar-refractivity contribution < 1.29 is 0 Å². The van der Waals surface area contributed by atoms with Crippen molar-refractivity contribution in [2.45, 2.75) is 12.0 Å². The van der Waals surface area contributed by atoms with Crippen molar-refractivity contribution in [3.63, 3.8) is 0 Å². The van der Waals surface area contributed by atoms with Gasteiger partial charge in [-0.3, -0.25) is 0 Å². The first-order valence-corrected chi connectivity index (χ1v) is 8.46. The van der Waals surface area contributed by atoms with Crippen LogP contribution in [0.25, 0.3) is 0 Å². The Morgan fingerprint density at radius 3 is 2.10 bits per heavy atom. The van der Waals surface area contributed by atoms with Gasteiger partial charge in [-0.1, -0.05) is 72.4 Å². The quantitative estimate of drug-likeness (QED) is 0.838. The molecule has 106 valence electrons. The average molecular weight is 294 g/mol. The van der Waals surface area contributed by atoms with Crippen LogP contribution in [0, 0.1) is 0 Å². The molecule has 0 bridgehead atoms. The van der Waals surface area contributed by atoms with E-state index in [4.69, 9.17) is 4.99 Å². The molecular formula is C18H18N2S. The van der Waals surface area contributed by atoms with E-state index in [0.717, 1.165) is 13.1 Å². The number of fused-ring (bicyclic) bond motifs is 1. The number of nitrogens with zero attached hydrogens (tertiary/aromatic N) is 2. The van der Waals surface area contributed by atoms with Crippen LogP contribution in [-0.4, -0.2) is 28.9 Å². The van der Waals surface area contributed by atoms with Gasteiger partial charge in [0.05, 0.1) is 6.54 Å². The van der Waals surface area contributed by atoms with Gasteiger partial charge in [-0.2, -0.15) is 0 Å². The Kier molecular flexibility index (Phi) is 3.23. The second-order valence-electron chi connectivity index (χ2n) is 5.61. The lowest BCUT2D eigenvalue weighted by Gasteiger charge is -2.30. The molecule has 4 rings (SSSR count). The number of benzene rings is 2. The maximum absolute atomic E-state index is 5.19. The molecule has 1 saturated heterocycles. The third kappa shape index (κ3) is 2.16. The molecule has 0 spiro atoms. The summed E-state index contributed by atoms with van der Waals surface area (Å²) in [7, 11) is 0. The Hall–Kier alpha value is -1.74. The van der Waals surface area contributed by atoms with Crippen molar-refractivity contribution in [1.29, 1.82) is 0 Å². The van der Waals surface area contributed by atoms with Crippen LogP contribution in [0.5, 0.6) is 0 Å². The Bertz CT molecular complexity index is 612. The largest absolute Gasteiger partial charge is 0.348 e. The summed E-state index contributed by atoms with van der Waals surface area (Å²) in [5.74, 6) is 1.19. The van der Waals surface area contributed by atoms with Crippen LogP contribution in [0.4, 0.5) is 0 Å². The van der Waals surface area contributed by atoms with Gasteiger partial charge in [0.2, 0.25) is 0 Å². The third-order valence-corrected chi connectivity index (χ3v) is 5.38. The van der Waals surface area contributed by atoms with Crippen molar-refractivity contribution in [2.75, 3.05) is 18.8 Å². The fourth-order valence-corrected chi connectivity index (χ4v) is 4.25. The summed E-state index contributed by atoms with van der Waals surface area (Å²) < 4.78 is 0. The molecule has 0 aromatic heterocycles. The van der Waals surface area contributed by atoms with E-state index in [1.165, 1.54) is 28.5 Å². The van der Waals surface area contributed by atoms with Crippen molar-refractivity contribution in [3.05, 3.63) is 71.8 Å². The number of hydrogen-bond acceptors (Lipinski definition) is 3. The van der Waals surface area contributed by atoms with E-state index < -0.39 is 0 Å². The fraction of sp³-hybridized carbons (Fsp3) is 0.278. The molecule has 2 aliphatic rings. The summed E-state index contributed by atoms with van der Waals surface area (Å²) in [4.78, 5) is 7.64. The zero-order chi connectivity index (χ0) is 14.1. The molecule has 2 heterocycles. The number of rotatable bonds is 2. The molecule has 1 fully saturated rings. The summed E-state index contributed by atoms with van der Waals surface area (Å²) in [5.41, 5.74) is 2.34. The molecule has 0 aliphatic carbocycles. The average Bonchev–Trinajstić information content (AvgIpc) is 2.97. The van der Waals surface area contributed by atoms with Crippen LogP contribution in [0.2, 0.25) is 0 Å². The molecule has 2 aromatic rings. The van der Waals surface area contributed by atoms with E-state index >= 15 is 0 Å². The molecule has 21 heavy (non-hydrogen) atoms. The zero-order valence-electron chi connectivity index (χ0n) is 11.9. The number of thioether (sulfide) groups is 1. The molecule has 0 unspecified atom stereocenters. The minimum absolute atomic E-state index is 0.241. The van der Waals surface area contributed by atoms with Gasteiger partial charge in [0.25, 0.3) is 0 Å². The lowest BCUT2D eigenvalue weighted by molar-refractivity contribution is 0.381. The predicted molar refractivity (Wildman–Crippen MR) is 89.7 cm³/mol. The molecular weight excluding hydrogens is 276 g/mol. The minimum Gasteiger partial charge on any atom is -0.348 e. The molecule has 0 atom stereocenters. The Balaban J connectivity index is 1.87. The van der Waals surface area contributed by atoms with E-state index in [1.54, 1.807) is 0 Å². The minimum atomic E-state index is -0.241. The summed E-state index contributed by atoms with van der Waals surface area (Å²) in [6.45, 7) is 2.09. The molecule has 2 aliphatic heterocycles. The van der Waals surface area contributed by atoms with Crippen molar-refractivity contribution in [3.8, 4) is 0 Å². The van der Waals surface area contributed by atoms with Gasteiger partial charge in [0.15, 0.2) is 5.17 Å². The SMILES string of the molecule is c1ccc(C2(c3ccccc3)CN3CCCSC3=N2)cc1. The van der Waals surface area contributed by atoms with Crippen LogP contribution in [-0.2, 0) is 5.54 Å². The van der Waals surface area contributed by atoms with Gasteiger partial charge < -0.3 is 4.90 Å². The van der Waals surface area contributed by atoms with E-state index in [9.17, 15) is 0 Å². The first-order chi connectivity index (χ1) is 10.4. The smallest absolute Gasteiger partial charge is 0.160 e. The van der Waals surface area contributed by atoms with Crippen LogP contribution >= 0.6 is 11.8 Å². The fourth-order valence-electron chi connectivity index (χ4n) is 3.24. The number of aliphatic imine (C=N–C) groups is 1. The van der Waals surface area contributed by atoms with Crippen molar-refractivity contribution >= 4 is 16.9 Å². The van der Waals surface area contributed by atoms with E-state index in [1.807, 2.05) is 11.8 Å². The highest BCUT2D eigenvalue weighted by Gasteiger charge is 2.43. The van der Waals surface area contributed by atoms with Gasteiger partial charge in [-0.25, -0.2) is 4.99 Å². The third-order valence-electron chi connectivity index (χ3n) is 4.28. The highest BCUT2D eigenvalue weighted by atomic mass is 32.2. The molecule has 0 radical (unpaired) electrons. The van der Waals surface area contributed by atoms with Crippen LogP contribution in [0.3, 0.4) is 0 Å². The summed E-state index contributed by atoms with van der Waals surface area (Å²) in [5, 5.41) is 1.22. The topological polar surface area (TPSA) is 15.6 Å². The molecule has 2 aromatic carbocycles. The summed E-state index contributed by atoms with van der Waals surface area (Å²) >= 11 is 1.90. The monoisotopic (exact) mass is 294 g/mol. The second-order valence-corrected chi connectivity index (χ2v) is 6.67. The summed E-state index contributed by atoms with van der Waals surface area (Å²) in [6, 6.07) is 21.4. The van der Waals surface area contributed by atoms with Gasteiger partial charge in [-0.15, -0.1) is 0 Å². The standard InChI is InChI=1S/C18H18N2S/c1-3-8-15(9-4-1)18(16-10-5-2-6-11-16)14-20-12-7-13-21-17(20)19-18/h1-6,8-11H,7,12-14H2. The summed E-state index contributed by atoms with van der Waals surface area (Å²) in [6.07, 6.45) is 1.25. The van der Waals surface area contributed by atoms with Crippen molar-refractivity contribution in [1.82, 2.24) is 4.90 Å². The maximum atomic E-state index is 5.19. The lowest BCUT2D eigenvalue weighted by Crippen LogP contribution is -2.37. The van der Waals surface area contributed by atoms with Gasteiger partial charge in [-0.05, 0) is 17.5 Å². The number of amidine groups is 1. The highest BCUT2D eigenvalue weighted by molar-refractivity contribution is 8.13. The van der Waals surface area contributed by atoms with E-state index in [0.29, 0.717) is 0 Å². The molecule has 0 amide bonds. The Morgan fingerprint density at radius 2 is 1.52 bits per heavy atom.